The second kappa shape index (κ2) is 9.77. The maximum Gasteiger partial charge on any atom is 0.416 e. The molecular formula is C27H25N5O5S. The molecule has 0 saturated carbocycles. The number of aliphatic hydroxyl groups is 1. The van der Waals surface area contributed by atoms with Gasteiger partial charge in [-0.15, -0.1) is 11.3 Å². The van der Waals surface area contributed by atoms with Crippen molar-refractivity contribution in [3.8, 4) is 10.6 Å². The zero-order chi connectivity index (χ0) is 27.0. The quantitative estimate of drug-likeness (QED) is 0.286. The van der Waals surface area contributed by atoms with Crippen LogP contribution in [-0.4, -0.2) is 44.1 Å². The second-order valence-electron chi connectivity index (χ2n) is 9.42. The van der Waals surface area contributed by atoms with Crippen LogP contribution in [0.25, 0.3) is 21.6 Å². The number of carbonyl (C=O) groups excluding carboxylic acids is 2. The van der Waals surface area contributed by atoms with E-state index < -0.39 is 17.3 Å². The van der Waals surface area contributed by atoms with Gasteiger partial charge in [0.1, 0.15) is 6.26 Å². The van der Waals surface area contributed by atoms with E-state index in [0.29, 0.717) is 37.7 Å². The number of aromatic amines is 1. The van der Waals surface area contributed by atoms with Gasteiger partial charge in [0.15, 0.2) is 0 Å². The summed E-state index contributed by atoms with van der Waals surface area (Å²) in [6.07, 6.45) is 1.30. The van der Waals surface area contributed by atoms with Crippen LogP contribution in [0.1, 0.15) is 33.9 Å². The van der Waals surface area contributed by atoms with E-state index in [1.54, 1.807) is 61.9 Å². The minimum absolute atomic E-state index is 0.165. The predicted octanol–water partition coefficient (Wildman–Crippen LogP) is 4.35. The normalized spacial score (nSPS) is 11.6. The van der Waals surface area contributed by atoms with E-state index in [2.05, 4.69) is 15.3 Å². The average Bonchev–Trinajstić information content (AvgIpc) is 3.62. The summed E-state index contributed by atoms with van der Waals surface area (Å²) in [6.45, 7) is 3.51. The zero-order valence-corrected chi connectivity index (χ0v) is 21.7. The van der Waals surface area contributed by atoms with Crippen LogP contribution >= 0.6 is 11.3 Å². The summed E-state index contributed by atoms with van der Waals surface area (Å²) in [4.78, 5) is 47.2. The Hall–Kier alpha value is -4.48. The number of fused-ring (bicyclic) bond motifs is 1. The van der Waals surface area contributed by atoms with Gasteiger partial charge in [0, 0.05) is 18.3 Å². The molecule has 0 aliphatic carbocycles. The third-order valence-electron chi connectivity index (χ3n) is 5.83. The summed E-state index contributed by atoms with van der Waals surface area (Å²) in [6, 6.07) is 17.7. The summed E-state index contributed by atoms with van der Waals surface area (Å²) in [5, 5.41) is 13.4. The highest BCUT2D eigenvalue weighted by Crippen LogP contribution is 2.29. The summed E-state index contributed by atoms with van der Waals surface area (Å²) < 4.78 is 6.51. The number of aromatic nitrogens is 3. The van der Waals surface area contributed by atoms with Crippen LogP contribution in [0.2, 0.25) is 0 Å². The molecule has 3 N–H and O–H groups in total. The third-order valence-corrected chi connectivity index (χ3v) is 6.95. The van der Waals surface area contributed by atoms with Crippen molar-refractivity contribution in [3.63, 3.8) is 0 Å². The molecule has 5 aromatic rings. The lowest BCUT2D eigenvalue weighted by Gasteiger charge is -2.20. The Labute approximate surface area is 221 Å². The van der Waals surface area contributed by atoms with E-state index in [1.165, 1.54) is 22.5 Å². The van der Waals surface area contributed by atoms with Gasteiger partial charge in [-0.25, -0.2) is 9.78 Å². The standard InChI is InChI=1S/C27H25N5O5S/c1-27(2,36)15-32-20-10-9-17(31(3)24(34)16-7-5-4-6-8-16)13-18(20)28-25(32)30-23(33)22-12-11-21(38-22)19-14-37-26(35)29-19/h4-14,36H,15H2,1-3H3,(H,29,35)(H,28,30,33). The molecule has 0 aliphatic rings. The molecule has 2 aromatic carbocycles. The Kier molecular flexibility index (Phi) is 6.47. The van der Waals surface area contributed by atoms with Gasteiger partial charge in [0.2, 0.25) is 5.95 Å². The van der Waals surface area contributed by atoms with Gasteiger partial charge < -0.3 is 19.0 Å². The number of H-pyrrole nitrogens is 1. The number of hydrogen-bond donors (Lipinski definition) is 3. The molecule has 0 radical (unpaired) electrons. The monoisotopic (exact) mass is 531 g/mol. The van der Waals surface area contributed by atoms with Crippen molar-refractivity contribution in [2.24, 2.45) is 0 Å². The summed E-state index contributed by atoms with van der Waals surface area (Å²) in [7, 11) is 1.69. The third kappa shape index (κ3) is 5.15. The largest absolute Gasteiger partial charge is 0.416 e. The van der Waals surface area contributed by atoms with Crippen LogP contribution in [0.5, 0.6) is 0 Å². The molecule has 0 spiro atoms. The number of benzene rings is 2. The molecule has 38 heavy (non-hydrogen) atoms. The van der Waals surface area contributed by atoms with Gasteiger partial charge in [0.25, 0.3) is 11.8 Å². The minimum Gasteiger partial charge on any atom is -0.416 e. The fourth-order valence-corrected chi connectivity index (χ4v) is 4.89. The number of imidazole rings is 1. The van der Waals surface area contributed by atoms with Crippen LogP contribution in [-0.2, 0) is 6.54 Å². The van der Waals surface area contributed by atoms with Gasteiger partial charge in [-0.1, -0.05) is 18.2 Å². The number of rotatable bonds is 7. The molecule has 3 heterocycles. The van der Waals surface area contributed by atoms with Crippen LogP contribution in [0, 0.1) is 0 Å². The van der Waals surface area contributed by atoms with Gasteiger partial charge in [0.05, 0.1) is 38.6 Å². The summed E-state index contributed by atoms with van der Waals surface area (Å²) in [5.41, 5.74) is 1.83. The number of oxazole rings is 1. The molecule has 194 valence electrons. The molecule has 0 bridgehead atoms. The predicted molar refractivity (Wildman–Crippen MR) is 146 cm³/mol. The van der Waals surface area contributed by atoms with Crippen molar-refractivity contribution in [1.29, 1.82) is 0 Å². The lowest BCUT2D eigenvalue weighted by molar-refractivity contribution is 0.0630. The van der Waals surface area contributed by atoms with Crippen LogP contribution in [0.15, 0.2) is 76.1 Å². The first-order valence-electron chi connectivity index (χ1n) is 11.7. The number of nitrogens with one attached hydrogen (secondary N) is 2. The topological polar surface area (TPSA) is 133 Å². The van der Waals surface area contributed by atoms with Gasteiger partial charge in [-0.05, 0) is 56.3 Å². The number of anilines is 2. The summed E-state index contributed by atoms with van der Waals surface area (Å²) >= 11 is 1.19. The Bertz CT molecular complexity index is 1690. The maximum atomic E-state index is 13.1. The first-order valence-corrected chi connectivity index (χ1v) is 12.6. The number of amides is 2. The lowest BCUT2D eigenvalue weighted by atomic mass is 10.1. The highest BCUT2D eigenvalue weighted by molar-refractivity contribution is 7.17. The van der Waals surface area contributed by atoms with Gasteiger partial charge in [-0.2, -0.15) is 0 Å². The van der Waals surface area contributed by atoms with Crippen molar-refractivity contribution in [2.45, 2.75) is 26.0 Å². The first-order chi connectivity index (χ1) is 18.1. The van der Waals surface area contributed by atoms with Crippen molar-refractivity contribution in [1.82, 2.24) is 14.5 Å². The SMILES string of the molecule is CN(C(=O)c1ccccc1)c1ccc2c(c1)nc(NC(=O)c1ccc(-c3coc(=O)[nH]3)s1)n2CC(C)(C)O. The van der Waals surface area contributed by atoms with Crippen molar-refractivity contribution < 1.29 is 19.1 Å². The van der Waals surface area contributed by atoms with Gasteiger partial charge in [-0.3, -0.25) is 19.9 Å². The number of thiophene rings is 1. The smallest absolute Gasteiger partial charge is 0.416 e. The van der Waals surface area contributed by atoms with E-state index in [4.69, 9.17) is 4.42 Å². The summed E-state index contributed by atoms with van der Waals surface area (Å²) in [5.74, 6) is -0.874. The Morgan fingerprint density at radius 1 is 1.16 bits per heavy atom. The van der Waals surface area contributed by atoms with Crippen molar-refractivity contribution in [2.75, 3.05) is 17.3 Å². The van der Waals surface area contributed by atoms with E-state index in [9.17, 15) is 19.5 Å². The Balaban J connectivity index is 1.46. The molecule has 0 saturated heterocycles. The molecule has 0 fully saturated rings. The molecule has 11 heteroatoms. The first kappa shape index (κ1) is 25.2. The highest BCUT2D eigenvalue weighted by atomic mass is 32.1. The molecule has 3 aromatic heterocycles. The lowest BCUT2D eigenvalue weighted by Crippen LogP contribution is -2.27. The van der Waals surface area contributed by atoms with E-state index >= 15 is 0 Å². The van der Waals surface area contributed by atoms with Crippen molar-refractivity contribution in [3.05, 3.63) is 87.9 Å². The van der Waals surface area contributed by atoms with Crippen LogP contribution in [0.3, 0.4) is 0 Å². The Morgan fingerprint density at radius 3 is 2.61 bits per heavy atom. The molecule has 10 nitrogen and oxygen atoms in total. The molecule has 5 rings (SSSR count). The van der Waals surface area contributed by atoms with Gasteiger partial charge >= 0.3 is 5.76 Å². The van der Waals surface area contributed by atoms with Crippen LogP contribution < -0.4 is 16.0 Å². The fourth-order valence-electron chi connectivity index (χ4n) is 4.03. The second-order valence-corrected chi connectivity index (χ2v) is 10.5. The van der Waals surface area contributed by atoms with E-state index in [0.717, 1.165) is 0 Å². The average molecular weight is 532 g/mol. The zero-order valence-electron chi connectivity index (χ0n) is 20.9. The molecule has 0 unspecified atom stereocenters. The Morgan fingerprint density at radius 2 is 1.92 bits per heavy atom. The fraction of sp³-hybridized carbons (Fsp3) is 0.185. The van der Waals surface area contributed by atoms with E-state index in [-0.39, 0.29) is 18.4 Å². The number of nitrogens with zero attached hydrogens (tertiary/aromatic N) is 3. The number of hydrogen-bond acceptors (Lipinski definition) is 7. The number of carbonyl (C=O) groups is 2. The molecule has 0 atom stereocenters. The molecule has 2 amide bonds. The highest BCUT2D eigenvalue weighted by Gasteiger charge is 2.23. The van der Waals surface area contributed by atoms with E-state index in [1.807, 2.05) is 24.3 Å². The van der Waals surface area contributed by atoms with Crippen molar-refractivity contribution >= 4 is 45.8 Å². The molecular weight excluding hydrogens is 506 g/mol. The minimum atomic E-state index is -1.09. The van der Waals surface area contributed by atoms with Crippen LogP contribution in [0.4, 0.5) is 11.6 Å². The maximum absolute atomic E-state index is 13.1. The molecule has 0 aliphatic heterocycles.